The van der Waals surface area contributed by atoms with Crippen LogP contribution in [-0.2, 0) is 0 Å². The first-order chi connectivity index (χ1) is 13.0. The van der Waals surface area contributed by atoms with Gasteiger partial charge in [0.05, 0.1) is 28.4 Å². The molecule has 0 aliphatic rings. The Hall–Kier alpha value is -2.54. The molecule has 0 saturated heterocycles. The Kier molecular flexibility index (Phi) is 4.78. The molecule has 3 aromatic heterocycles. The molecule has 0 radical (unpaired) electrons. The van der Waals surface area contributed by atoms with Crippen LogP contribution in [0.5, 0.6) is 5.75 Å². The Balaban J connectivity index is 1.70. The number of pyridine rings is 1. The first kappa shape index (κ1) is 17.9. The maximum Gasteiger partial charge on any atom is 0.258 e. The zero-order valence-electron chi connectivity index (χ0n) is 14.1. The standard InChI is InChI=1S/C19H13Cl2N3O2S/c1-26-15-6-5-11(14-10-24-7-3-2-4-17(24)22-14)8-13(15)23-19(25)12-9-16(20)27-18(12)21/h2-10H,1H3,(H,23,25). The van der Waals surface area contributed by atoms with Gasteiger partial charge in [0.25, 0.3) is 5.91 Å². The summed E-state index contributed by atoms with van der Waals surface area (Å²) in [4.78, 5) is 17.2. The molecule has 0 unspecified atom stereocenters. The molecule has 1 aromatic carbocycles. The summed E-state index contributed by atoms with van der Waals surface area (Å²) in [6.45, 7) is 0. The second kappa shape index (κ2) is 7.23. The summed E-state index contributed by atoms with van der Waals surface area (Å²) in [5.41, 5.74) is 3.33. The van der Waals surface area contributed by atoms with Crippen LogP contribution in [0.3, 0.4) is 0 Å². The van der Waals surface area contributed by atoms with Gasteiger partial charge in [0, 0.05) is 18.0 Å². The summed E-state index contributed by atoms with van der Waals surface area (Å²) < 4.78 is 8.10. The van der Waals surface area contributed by atoms with E-state index in [1.165, 1.54) is 0 Å². The zero-order valence-corrected chi connectivity index (χ0v) is 16.4. The number of thiophene rings is 1. The largest absolute Gasteiger partial charge is 0.495 e. The Labute approximate surface area is 169 Å². The van der Waals surface area contributed by atoms with Gasteiger partial charge in [-0.3, -0.25) is 4.79 Å². The third-order valence-corrected chi connectivity index (χ3v) is 5.50. The fourth-order valence-electron chi connectivity index (χ4n) is 2.72. The van der Waals surface area contributed by atoms with Gasteiger partial charge in [0.15, 0.2) is 0 Å². The molecule has 0 saturated carbocycles. The van der Waals surface area contributed by atoms with E-state index in [2.05, 4.69) is 10.3 Å². The number of amides is 1. The number of anilines is 1. The first-order valence-electron chi connectivity index (χ1n) is 7.93. The monoisotopic (exact) mass is 417 g/mol. The number of nitrogens with one attached hydrogen (secondary N) is 1. The minimum Gasteiger partial charge on any atom is -0.495 e. The normalized spacial score (nSPS) is 10.9. The number of halogens is 2. The maximum atomic E-state index is 12.6. The van der Waals surface area contributed by atoms with Crippen molar-refractivity contribution >= 4 is 51.8 Å². The van der Waals surface area contributed by atoms with E-state index in [1.807, 2.05) is 47.1 Å². The molecule has 0 spiro atoms. The van der Waals surface area contributed by atoms with Gasteiger partial charge >= 0.3 is 0 Å². The minimum absolute atomic E-state index is 0.326. The smallest absolute Gasteiger partial charge is 0.258 e. The van der Waals surface area contributed by atoms with Crippen LogP contribution in [0.15, 0.2) is 54.9 Å². The van der Waals surface area contributed by atoms with Crippen molar-refractivity contribution in [2.75, 3.05) is 12.4 Å². The second-order valence-electron chi connectivity index (χ2n) is 5.70. The van der Waals surface area contributed by atoms with Crippen molar-refractivity contribution in [1.82, 2.24) is 9.38 Å². The molecule has 4 rings (SSSR count). The summed E-state index contributed by atoms with van der Waals surface area (Å²) in [5.74, 6) is 0.182. The molecule has 3 heterocycles. The highest BCUT2D eigenvalue weighted by Crippen LogP contribution is 2.34. The van der Waals surface area contributed by atoms with Gasteiger partial charge in [-0.25, -0.2) is 4.98 Å². The number of fused-ring (bicyclic) bond motifs is 1. The van der Waals surface area contributed by atoms with Crippen molar-refractivity contribution in [1.29, 1.82) is 0 Å². The summed E-state index contributed by atoms with van der Waals surface area (Å²) in [6.07, 6.45) is 3.86. The lowest BCUT2D eigenvalue weighted by Crippen LogP contribution is -2.12. The molecule has 5 nitrogen and oxygen atoms in total. The molecule has 0 atom stereocenters. The Bertz CT molecular complexity index is 1120. The van der Waals surface area contributed by atoms with Crippen LogP contribution in [0.25, 0.3) is 16.9 Å². The third kappa shape index (κ3) is 3.51. The van der Waals surface area contributed by atoms with E-state index in [4.69, 9.17) is 27.9 Å². The summed E-state index contributed by atoms with van der Waals surface area (Å²) >= 11 is 13.2. The minimum atomic E-state index is -0.353. The van der Waals surface area contributed by atoms with Gasteiger partial charge in [0.1, 0.15) is 15.7 Å². The van der Waals surface area contributed by atoms with Gasteiger partial charge in [-0.1, -0.05) is 29.3 Å². The van der Waals surface area contributed by atoms with Crippen molar-refractivity contribution in [2.24, 2.45) is 0 Å². The number of aromatic nitrogens is 2. The average molecular weight is 418 g/mol. The number of rotatable bonds is 4. The third-order valence-electron chi connectivity index (χ3n) is 4.01. The molecule has 0 bridgehead atoms. The number of benzene rings is 1. The van der Waals surface area contributed by atoms with Gasteiger partial charge in [0.2, 0.25) is 0 Å². The van der Waals surface area contributed by atoms with E-state index in [0.29, 0.717) is 25.7 Å². The highest BCUT2D eigenvalue weighted by molar-refractivity contribution is 7.20. The lowest BCUT2D eigenvalue weighted by molar-refractivity contribution is 0.102. The lowest BCUT2D eigenvalue weighted by atomic mass is 10.1. The van der Waals surface area contributed by atoms with Gasteiger partial charge < -0.3 is 14.5 Å². The molecule has 1 N–H and O–H groups in total. The molecule has 1 amide bonds. The summed E-state index contributed by atoms with van der Waals surface area (Å²) in [5, 5.41) is 2.84. The average Bonchev–Trinajstić information content (AvgIpc) is 3.24. The fourth-order valence-corrected chi connectivity index (χ4v) is 4.18. The van der Waals surface area contributed by atoms with Crippen LogP contribution in [0.1, 0.15) is 10.4 Å². The van der Waals surface area contributed by atoms with Crippen LogP contribution >= 0.6 is 34.5 Å². The highest BCUT2D eigenvalue weighted by atomic mass is 35.5. The van der Waals surface area contributed by atoms with Gasteiger partial charge in [-0.15, -0.1) is 11.3 Å². The maximum absolute atomic E-state index is 12.6. The predicted octanol–water partition coefficient (Wildman–Crippen LogP) is 5.63. The molecule has 8 heteroatoms. The molecule has 0 aliphatic carbocycles. The van der Waals surface area contributed by atoms with E-state index < -0.39 is 0 Å². The lowest BCUT2D eigenvalue weighted by Gasteiger charge is -2.11. The van der Waals surface area contributed by atoms with E-state index >= 15 is 0 Å². The van der Waals surface area contributed by atoms with Crippen molar-refractivity contribution in [3.63, 3.8) is 0 Å². The first-order valence-corrected chi connectivity index (χ1v) is 9.51. The molecule has 0 aliphatic heterocycles. The quantitative estimate of drug-likeness (QED) is 0.467. The molecule has 4 aromatic rings. The van der Waals surface area contributed by atoms with Gasteiger partial charge in [-0.2, -0.15) is 0 Å². The van der Waals surface area contributed by atoms with Crippen LogP contribution < -0.4 is 10.1 Å². The Morgan fingerprint density at radius 1 is 1.22 bits per heavy atom. The zero-order chi connectivity index (χ0) is 19.0. The summed E-state index contributed by atoms with van der Waals surface area (Å²) in [6, 6.07) is 12.8. The fraction of sp³-hybridized carbons (Fsp3) is 0.0526. The topological polar surface area (TPSA) is 55.6 Å². The summed E-state index contributed by atoms with van der Waals surface area (Å²) in [7, 11) is 1.55. The SMILES string of the molecule is COc1ccc(-c2cn3ccccc3n2)cc1NC(=O)c1cc(Cl)sc1Cl. The van der Waals surface area contributed by atoms with Crippen LogP contribution in [0.2, 0.25) is 8.67 Å². The molecular weight excluding hydrogens is 405 g/mol. The van der Waals surface area contributed by atoms with Crippen molar-refractivity contribution in [3.8, 4) is 17.0 Å². The highest BCUT2D eigenvalue weighted by Gasteiger charge is 2.17. The van der Waals surface area contributed by atoms with Crippen LogP contribution in [0, 0.1) is 0 Å². The van der Waals surface area contributed by atoms with Crippen LogP contribution in [-0.4, -0.2) is 22.4 Å². The van der Waals surface area contributed by atoms with E-state index in [0.717, 1.165) is 28.2 Å². The van der Waals surface area contributed by atoms with E-state index in [1.54, 1.807) is 19.2 Å². The van der Waals surface area contributed by atoms with Crippen molar-refractivity contribution < 1.29 is 9.53 Å². The number of nitrogens with zero attached hydrogens (tertiary/aromatic N) is 2. The van der Waals surface area contributed by atoms with Crippen LogP contribution in [0.4, 0.5) is 5.69 Å². The molecule has 136 valence electrons. The number of carbonyl (C=O) groups is 1. The predicted molar refractivity (Wildman–Crippen MR) is 109 cm³/mol. The molecule has 27 heavy (non-hydrogen) atoms. The number of ether oxygens (including phenoxy) is 1. The van der Waals surface area contributed by atoms with E-state index in [9.17, 15) is 4.79 Å². The Morgan fingerprint density at radius 2 is 2.07 bits per heavy atom. The van der Waals surface area contributed by atoms with Crippen molar-refractivity contribution in [2.45, 2.75) is 0 Å². The van der Waals surface area contributed by atoms with Crippen molar-refractivity contribution in [3.05, 3.63) is 69.1 Å². The second-order valence-corrected chi connectivity index (χ2v) is 7.98. The van der Waals surface area contributed by atoms with E-state index in [-0.39, 0.29) is 5.91 Å². The molecule has 0 fully saturated rings. The Morgan fingerprint density at radius 3 is 2.78 bits per heavy atom. The number of methoxy groups -OCH3 is 1. The molecular formula is C19H13Cl2N3O2S. The number of carbonyl (C=O) groups excluding carboxylic acids is 1. The number of hydrogen-bond donors (Lipinski definition) is 1. The number of imidazole rings is 1. The number of hydrogen-bond acceptors (Lipinski definition) is 4. The van der Waals surface area contributed by atoms with Gasteiger partial charge in [-0.05, 0) is 36.4 Å².